The van der Waals surface area contributed by atoms with Crippen molar-refractivity contribution >= 4 is 17.2 Å². The van der Waals surface area contributed by atoms with Crippen molar-refractivity contribution in [2.45, 2.75) is 13.5 Å². The number of rotatable bonds is 4. The number of aldehydes is 1. The molecule has 0 atom stereocenters. The summed E-state index contributed by atoms with van der Waals surface area (Å²) in [6.07, 6.45) is 0.915. The summed E-state index contributed by atoms with van der Waals surface area (Å²) in [4.78, 5) is 11.3. The van der Waals surface area contributed by atoms with E-state index in [0.717, 1.165) is 39.8 Å². The molecule has 21 heavy (non-hydrogen) atoms. The monoisotopic (exact) mass is 279 g/mol. The molecule has 0 amide bonds. The van der Waals surface area contributed by atoms with E-state index >= 15 is 0 Å². The Bertz CT molecular complexity index is 788. The summed E-state index contributed by atoms with van der Waals surface area (Å²) in [5, 5.41) is 0.940. The largest absolute Gasteiger partial charge is 0.489 e. The molecule has 0 bridgehead atoms. The molecule has 0 saturated carbocycles. The number of carbonyl (C=O) groups excluding carboxylic acids is 1. The number of benzene rings is 2. The number of ether oxygens (including phenoxy) is 1. The molecule has 1 heterocycles. The van der Waals surface area contributed by atoms with Gasteiger partial charge in [-0.05, 0) is 30.7 Å². The first-order valence-electron chi connectivity index (χ1n) is 6.91. The van der Waals surface area contributed by atoms with E-state index in [1.54, 1.807) is 0 Å². The van der Waals surface area contributed by atoms with E-state index < -0.39 is 0 Å². The maximum atomic E-state index is 11.3. The topological polar surface area (TPSA) is 31.2 Å². The molecule has 1 aromatic heterocycles. The minimum absolute atomic E-state index is 0.522. The van der Waals surface area contributed by atoms with Crippen LogP contribution in [0.3, 0.4) is 0 Å². The number of aryl methyl sites for hydroxylation is 1. The molecule has 2 aromatic carbocycles. The lowest BCUT2D eigenvalue weighted by molar-refractivity contribution is 0.112. The smallest absolute Gasteiger partial charge is 0.152 e. The Balaban J connectivity index is 1.92. The summed E-state index contributed by atoms with van der Waals surface area (Å²) in [7, 11) is 1.97. The number of carbonyl (C=O) groups is 1. The zero-order chi connectivity index (χ0) is 14.8. The van der Waals surface area contributed by atoms with E-state index in [2.05, 4.69) is 0 Å². The van der Waals surface area contributed by atoms with Crippen molar-refractivity contribution in [1.29, 1.82) is 0 Å². The van der Waals surface area contributed by atoms with E-state index in [0.29, 0.717) is 6.61 Å². The summed E-state index contributed by atoms with van der Waals surface area (Å²) in [5.41, 5.74) is 3.87. The fourth-order valence-corrected chi connectivity index (χ4v) is 2.56. The van der Waals surface area contributed by atoms with Crippen LogP contribution in [0, 0.1) is 6.92 Å². The molecule has 0 aliphatic carbocycles. The lowest BCUT2D eigenvalue weighted by atomic mass is 10.1. The number of aromatic nitrogens is 1. The van der Waals surface area contributed by atoms with Crippen LogP contribution in [0.25, 0.3) is 10.9 Å². The van der Waals surface area contributed by atoms with Crippen LogP contribution in [-0.4, -0.2) is 10.9 Å². The van der Waals surface area contributed by atoms with Crippen LogP contribution in [0.2, 0.25) is 0 Å². The summed E-state index contributed by atoms with van der Waals surface area (Å²) in [6, 6.07) is 15.9. The zero-order valence-electron chi connectivity index (χ0n) is 12.2. The van der Waals surface area contributed by atoms with Gasteiger partial charge in [0.2, 0.25) is 0 Å². The SMILES string of the molecule is Cc1c(C=O)c2cc(OCc3ccccc3)ccc2n1C. The lowest BCUT2D eigenvalue weighted by Gasteiger charge is -2.07. The van der Waals surface area contributed by atoms with Crippen molar-refractivity contribution in [3.63, 3.8) is 0 Å². The quantitative estimate of drug-likeness (QED) is 0.679. The van der Waals surface area contributed by atoms with Gasteiger partial charge >= 0.3 is 0 Å². The molecule has 0 saturated heterocycles. The molecule has 106 valence electrons. The number of fused-ring (bicyclic) bond motifs is 1. The molecular formula is C18H17NO2. The second-order valence-electron chi connectivity index (χ2n) is 5.13. The molecule has 0 aliphatic heterocycles. The van der Waals surface area contributed by atoms with E-state index in [9.17, 15) is 4.79 Å². The van der Waals surface area contributed by atoms with Gasteiger partial charge in [-0.1, -0.05) is 30.3 Å². The third-order valence-electron chi connectivity index (χ3n) is 3.88. The van der Waals surface area contributed by atoms with Crippen LogP contribution >= 0.6 is 0 Å². The first-order chi connectivity index (χ1) is 10.2. The van der Waals surface area contributed by atoms with Crippen molar-refractivity contribution in [2.75, 3.05) is 0 Å². The molecule has 0 aliphatic rings. The molecule has 0 fully saturated rings. The predicted molar refractivity (Wildman–Crippen MR) is 83.8 cm³/mol. The van der Waals surface area contributed by atoms with E-state index in [-0.39, 0.29) is 0 Å². The Morgan fingerprint density at radius 3 is 2.62 bits per heavy atom. The van der Waals surface area contributed by atoms with Crippen molar-refractivity contribution in [2.24, 2.45) is 7.05 Å². The lowest BCUT2D eigenvalue weighted by Crippen LogP contribution is -1.95. The van der Waals surface area contributed by atoms with Crippen LogP contribution in [0.15, 0.2) is 48.5 Å². The van der Waals surface area contributed by atoms with E-state index in [4.69, 9.17) is 4.74 Å². The van der Waals surface area contributed by atoms with Crippen LogP contribution in [-0.2, 0) is 13.7 Å². The van der Waals surface area contributed by atoms with Crippen LogP contribution in [0.5, 0.6) is 5.75 Å². The Hall–Kier alpha value is -2.55. The van der Waals surface area contributed by atoms with Crippen molar-refractivity contribution in [1.82, 2.24) is 4.57 Å². The molecule has 3 heteroatoms. The van der Waals surface area contributed by atoms with Gasteiger partial charge in [-0.25, -0.2) is 0 Å². The highest BCUT2D eigenvalue weighted by Crippen LogP contribution is 2.27. The van der Waals surface area contributed by atoms with Gasteiger partial charge in [0.05, 0.1) is 0 Å². The van der Waals surface area contributed by atoms with Crippen LogP contribution in [0.1, 0.15) is 21.6 Å². The van der Waals surface area contributed by atoms with Crippen molar-refractivity contribution in [3.8, 4) is 5.75 Å². The number of hydrogen-bond acceptors (Lipinski definition) is 2. The van der Waals surface area contributed by atoms with Gasteiger partial charge in [0.1, 0.15) is 12.4 Å². The minimum atomic E-state index is 0.522. The third-order valence-corrected chi connectivity index (χ3v) is 3.88. The Kier molecular flexibility index (Phi) is 3.48. The Labute approximate surface area is 123 Å². The summed E-state index contributed by atoms with van der Waals surface area (Å²) in [6.45, 7) is 2.48. The fraction of sp³-hybridized carbons (Fsp3) is 0.167. The first kappa shape index (κ1) is 13.4. The highest BCUT2D eigenvalue weighted by Gasteiger charge is 2.11. The molecule has 0 radical (unpaired) electrons. The molecule has 0 N–H and O–H groups in total. The molecular weight excluding hydrogens is 262 g/mol. The minimum Gasteiger partial charge on any atom is -0.489 e. The summed E-state index contributed by atoms with van der Waals surface area (Å²) in [5.74, 6) is 0.778. The van der Waals surface area contributed by atoms with Gasteiger partial charge in [0.25, 0.3) is 0 Å². The van der Waals surface area contributed by atoms with Crippen molar-refractivity contribution in [3.05, 3.63) is 65.4 Å². The fourth-order valence-electron chi connectivity index (χ4n) is 2.56. The average molecular weight is 279 g/mol. The first-order valence-corrected chi connectivity index (χ1v) is 6.91. The second-order valence-corrected chi connectivity index (χ2v) is 5.13. The molecule has 3 rings (SSSR count). The van der Waals surface area contributed by atoms with Crippen LogP contribution in [0.4, 0.5) is 0 Å². The Morgan fingerprint density at radius 1 is 1.14 bits per heavy atom. The van der Waals surface area contributed by atoms with Gasteiger partial charge in [-0.15, -0.1) is 0 Å². The summed E-state index contributed by atoms with van der Waals surface area (Å²) < 4.78 is 7.85. The normalized spacial score (nSPS) is 10.8. The predicted octanol–water partition coefficient (Wildman–Crippen LogP) is 3.88. The Morgan fingerprint density at radius 2 is 1.90 bits per heavy atom. The van der Waals surface area contributed by atoms with Gasteiger partial charge in [0, 0.05) is 29.2 Å². The van der Waals surface area contributed by atoms with E-state index in [1.165, 1.54) is 0 Å². The second kappa shape index (κ2) is 5.44. The maximum Gasteiger partial charge on any atom is 0.152 e. The average Bonchev–Trinajstić information content (AvgIpc) is 2.77. The molecule has 3 aromatic rings. The van der Waals surface area contributed by atoms with Gasteiger partial charge in [-0.2, -0.15) is 0 Å². The molecule has 3 nitrogen and oxygen atoms in total. The number of hydrogen-bond donors (Lipinski definition) is 0. The van der Waals surface area contributed by atoms with Crippen molar-refractivity contribution < 1.29 is 9.53 Å². The van der Waals surface area contributed by atoms with Crippen LogP contribution < -0.4 is 4.74 Å². The highest BCUT2D eigenvalue weighted by atomic mass is 16.5. The van der Waals surface area contributed by atoms with Gasteiger partial charge in [0.15, 0.2) is 6.29 Å². The molecule has 0 unspecified atom stereocenters. The zero-order valence-corrected chi connectivity index (χ0v) is 12.2. The van der Waals surface area contributed by atoms with Gasteiger partial charge < -0.3 is 9.30 Å². The standard InChI is InChI=1S/C18H17NO2/c1-13-17(11-20)16-10-15(8-9-18(16)19(13)2)21-12-14-6-4-3-5-7-14/h3-11H,12H2,1-2H3. The number of nitrogens with zero attached hydrogens (tertiary/aromatic N) is 1. The maximum absolute atomic E-state index is 11.3. The molecule has 0 spiro atoms. The highest BCUT2D eigenvalue weighted by molar-refractivity contribution is 5.99. The van der Waals surface area contributed by atoms with E-state index in [1.807, 2.05) is 67.1 Å². The third kappa shape index (κ3) is 2.42. The summed E-state index contributed by atoms with van der Waals surface area (Å²) >= 11 is 0. The van der Waals surface area contributed by atoms with Gasteiger partial charge in [-0.3, -0.25) is 4.79 Å².